The van der Waals surface area contributed by atoms with E-state index in [9.17, 15) is 4.79 Å². The Balaban J connectivity index is 1.65. The fourth-order valence-electron chi connectivity index (χ4n) is 2.42. The van der Waals surface area contributed by atoms with E-state index in [4.69, 9.17) is 4.74 Å². The fourth-order valence-corrected chi connectivity index (χ4v) is 3.18. The lowest BCUT2D eigenvalue weighted by Crippen LogP contribution is -2.30. The van der Waals surface area contributed by atoms with E-state index in [0.29, 0.717) is 6.54 Å². The molecule has 0 bridgehead atoms. The van der Waals surface area contributed by atoms with E-state index < -0.39 is 0 Å². The quantitative estimate of drug-likeness (QED) is 0.665. The molecule has 4 heteroatoms. The molecule has 0 aliphatic carbocycles. The maximum Gasteiger partial charge on any atom is 0.260 e. The number of hydrogen-bond acceptors (Lipinski definition) is 3. The van der Waals surface area contributed by atoms with Gasteiger partial charge in [-0.05, 0) is 23.1 Å². The van der Waals surface area contributed by atoms with Gasteiger partial charge < -0.3 is 9.64 Å². The van der Waals surface area contributed by atoms with E-state index in [0.717, 1.165) is 21.8 Å². The Kier molecular flexibility index (Phi) is 5.29. The highest BCUT2D eigenvalue weighted by molar-refractivity contribution is 7.09. The molecule has 122 valence electrons. The molecule has 3 nitrogen and oxygen atoms in total. The molecule has 0 aliphatic heterocycles. The Morgan fingerprint density at radius 3 is 2.50 bits per heavy atom. The van der Waals surface area contributed by atoms with Crippen molar-refractivity contribution in [1.82, 2.24) is 4.90 Å². The number of thiophene rings is 1. The molecule has 0 saturated carbocycles. The molecule has 1 amide bonds. The highest BCUT2D eigenvalue weighted by Crippen LogP contribution is 2.29. The molecule has 3 rings (SSSR count). The molecular formula is C20H19NO2S. The maximum absolute atomic E-state index is 12.3. The van der Waals surface area contributed by atoms with Gasteiger partial charge in [-0.1, -0.05) is 54.6 Å². The zero-order chi connectivity index (χ0) is 16.8. The van der Waals surface area contributed by atoms with Crippen LogP contribution in [-0.2, 0) is 11.3 Å². The number of carbonyl (C=O) groups excluding carboxylic acids is 1. The topological polar surface area (TPSA) is 29.5 Å². The number of nitrogens with zero attached hydrogens (tertiary/aromatic N) is 1. The second-order valence-corrected chi connectivity index (χ2v) is 6.51. The van der Waals surface area contributed by atoms with Gasteiger partial charge in [0.05, 0.1) is 6.54 Å². The van der Waals surface area contributed by atoms with Gasteiger partial charge in [0.25, 0.3) is 5.91 Å². The molecule has 2 aromatic carbocycles. The summed E-state index contributed by atoms with van der Waals surface area (Å²) in [6, 6.07) is 21.8. The molecule has 1 aromatic heterocycles. The molecule has 3 aromatic rings. The smallest absolute Gasteiger partial charge is 0.260 e. The second-order valence-electron chi connectivity index (χ2n) is 5.48. The molecular weight excluding hydrogens is 318 g/mol. The van der Waals surface area contributed by atoms with Gasteiger partial charge in [0.1, 0.15) is 5.75 Å². The summed E-state index contributed by atoms with van der Waals surface area (Å²) in [5.74, 6) is 0.688. The SMILES string of the molecule is CN(Cc1cccs1)C(=O)COc1ccccc1-c1ccccc1. The Bertz CT molecular complexity index is 784. The van der Waals surface area contributed by atoms with Crippen LogP contribution in [-0.4, -0.2) is 24.5 Å². The van der Waals surface area contributed by atoms with Gasteiger partial charge in [-0.3, -0.25) is 4.79 Å². The molecule has 0 aliphatic rings. The van der Waals surface area contributed by atoms with Crippen LogP contribution in [0, 0.1) is 0 Å². The van der Waals surface area contributed by atoms with E-state index in [2.05, 4.69) is 0 Å². The normalized spacial score (nSPS) is 10.4. The van der Waals surface area contributed by atoms with Crippen molar-refractivity contribution >= 4 is 17.2 Å². The molecule has 0 spiro atoms. The van der Waals surface area contributed by atoms with E-state index in [1.807, 2.05) is 72.1 Å². The molecule has 24 heavy (non-hydrogen) atoms. The van der Waals surface area contributed by atoms with Crippen LogP contribution in [0.1, 0.15) is 4.88 Å². The molecule has 1 heterocycles. The van der Waals surface area contributed by atoms with Gasteiger partial charge in [0.15, 0.2) is 6.61 Å². The number of carbonyl (C=O) groups is 1. The lowest BCUT2D eigenvalue weighted by Gasteiger charge is -2.17. The van der Waals surface area contributed by atoms with Gasteiger partial charge >= 0.3 is 0 Å². The number of hydrogen-bond donors (Lipinski definition) is 0. The third-order valence-electron chi connectivity index (χ3n) is 3.72. The van der Waals surface area contributed by atoms with Crippen LogP contribution in [0.3, 0.4) is 0 Å². The first kappa shape index (κ1) is 16.3. The first-order chi connectivity index (χ1) is 11.7. The van der Waals surface area contributed by atoms with Gasteiger partial charge in [0.2, 0.25) is 0 Å². The van der Waals surface area contributed by atoms with Crippen LogP contribution >= 0.6 is 11.3 Å². The second kappa shape index (κ2) is 7.79. The van der Waals surface area contributed by atoms with Crippen molar-refractivity contribution in [2.45, 2.75) is 6.54 Å². The summed E-state index contributed by atoms with van der Waals surface area (Å²) in [7, 11) is 1.80. The standard InChI is InChI=1S/C20H19NO2S/c1-21(14-17-10-7-13-24-17)20(22)15-23-19-12-6-5-11-18(19)16-8-3-2-4-9-16/h2-13H,14-15H2,1H3. The monoisotopic (exact) mass is 337 g/mol. The Labute approximate surface area is 146 Å². The van der Waals surface area contributed by atoms with E-state index in [1.165, 1.54) is 0 Å². The number of ether oxygens (including phenoxy) is 1. The van der Waals surface area contributed by atoms with Gasteiger partial charge in [0, 0.05) is 17.5 Å². The summed E-state index contributed by atoms with van der Waals surface area (Å²) in [5.41, 5.74) is 2.07. The average Bonchev–Trinajstić information content (AvgIpc) is 3.13. The van der Waals surface area contributed by atoms with Crippen LogP contribution in [0.15, 0.2) is 72.1 Å². The first-order valence-electron chi connectivity index (χ1n) is 7.77. The lowest BCUT2D eigenvalue weighted by atomic mass is 10.1. The average molecular weight is 337 g/mol. The molecule has 0 unspecified atom stereocenters. The summed E-state index contributed by atoms with van der Waals surface area (Å²) in [6.07, 6.45) is 0. The zero-order valence-electron chi connectivity index (χ0n) is 13.5. The van der Waals surface area contributed by atoms with Gasteiger partial charge in [-0.2, -0.15) is 0 Å². The number of likely N-dealkylation sites (N-methyl/N-ethyl adjacent to an activating group) is 1. The van der Waals surface area contributed by atoms with E-state index in [1.54, 1.807) is 23.3 Å². The van der Waals surface area contributed by atoms with Gasteiger partial charge in [-0.25, -0.2) is 0 Å². The van der Waals surface area contributed by atoms with Crippen molar-refractivity contribution < 1.29 is 9.53 Å². The Morgan fingerprint density at radius 1 is 1.00 bits per heavy atom. The minimum atomic E-state index is -0.0359. The summed E-state index contributed by atoms with van der Waals surface area (Å²) < 4.78 is 5.81. The molecule has 0 radical (unpaired) electrons. The van der Waals surface area contributed by atoms with Crippen LogP contribution in [0.2, 0.25) is 0 Å². The highest BCUT2D eigenvalue weighted by Gasteiger charge is 2.12. The highest BCUT2D eigenvalue weighted by atomic mass is 32.1. The number of benzene rings is 2. The van der Waals surface area contributed by atoms with Crippen molar-refractivity contribution in [1.29, 1.82) is 0 Å². The largest absolute Gasteiger partial charge is 0.483 e. The first-order valence-corrected chi connectivity index (χ1v) is 8.65. The molecule has 0 N–H and O–H groups in total. The Hall–Kier alpha value is -2.59. The summed E-state index contributed by atoms with van der Waals surface area (Å²) in [6.45, 7) is 0.645. The number of amides is 1. The molecule has 0 atom stereocenters. The van der Waals surface area contributed by atoms with Crippen LogP contribution in [0.25, 0.3) is 11.1 Å². The zero-order valence-corrected chi connectivity index (χ0v) is 14.3. The van der Waals surface area contributed by atoms with Crippen molar-refractivity contribution in [3.63, 3.8) is 0 Å². The minimum absolute atomic E-state index is 0.0335. The summed E-state index contributed by atoms with van der Waals surface area (Å²) >= 11 is 1.65. The lowest BCUT2D eigenvalue weighted by molar-refractivity contribution is -0.132. The van der Waals surface area contributed by atoms with Crippen LogP contribution < -0.4 is 4.74 Å². The summed E-state index contributed by atoms with van der Waals surface area (Å²) in [4.78, 5) is 15.1. The Morgan fingerprint density at radius 2 is 1.75 bits per heavy atom. The van der Waals surface area contributed by atoms with Crippen molar-refractivity contribution in [3.05, 3.63) is 77.0 Å². The summed E-state index contributed by atoms with van der Waals surface area (Å²) in [5, 5.41) is 2.01. The predicted octanol–water partition coefficient (Wildman–Crippen LogP) is 4.45. The van der Waals surface area contributed by atoms with Crippen LogP contribution in [0.4, 0.5) is 0 Å². The van der Waals surface area contributed by atoms with Gasteiger partial charge in [-0.15, -0.1) is 11.3 Å². The maximum atomic E-state index is 12.3. The number of para-hydroxylation sites is 1. The molecule has 0 fully saturated rings. The minimum Gasteiger partial charge on any atom is -0.483 e. The third kappa shape index (κ3) is 4.03. The predicted molar refractivity (Wildman–Crippen MR) is 98.2 cm³/mol. The number of rotatable bonds is 6. The van der Waals surface area contributed by atoms with Crippen molar-refractivity contribution in [2.75, 3.05) is 13.7 Å². The molecule has 0 saturated heterocycles. The fraction of sp³-hybridized carbons (Fsp3) is 0.150. The third-order valence-corrected chi connectivity index (χ3v) is 4.58. The van der Waals surface area contributed by atoms with E-state index in [-0.39, 0.29) is 12.5 Å². The van der Waals surface area contributed by atoms with Crippen LogP contribution in [0.5, 0.6) is 5.75 Å². The van der Waals surface area contributed by atoms with Crippen molar-refractivity contribution in [3.8, 4) is 16.9 Å². The van der Waals surface area contributed by atoms with Crippen molar-refractivity contribution in [2.24, 2.45) is 0 Å². The van der Waals surface area contributed by atoms with E-state index >= 15 is 0 Å².